The van der Waals surface area contributed by atoms with Crippen LogP contribution in [0.5, 0.6) is 0 Å². The van der Waals surface area contributed by atoms with Crippen molar-refractivity contribution in [3.05, 3.63) is 95.7 Å². The first-order valence-corrected chi connectivity index (χ1v) is 13.6. The Bertz CT molecular complexity index is 1410. The number of fused-ring (bicyclic) bond motifs is 3. The molecule has 1 aliphatic rings. The molecular formula is C32H36N4O3. The predicted octanol–water partition coefficient (Wildman–Crippen LogP) is 4.55. The SMILES string of the molecule is COC(=O)C(CCCCN)NC(=O)C1Cc2c([nH]c3ccccc23)CN1Cc1ccc(-c2ccccc2)cc1. The van der Waals surface area contributed by atoms with E-state index in [-0.39, 0.29) is 5.91 Å². The number of carbonyl (C=O) groups excluding carboxylic acids is 2. The van der Waals surface area contributed by atoms with Gasteiger partial charge in [0.25, 0.3) is 0 Å². The van der Waals surface area contributed by atoms with Crippen molar-refractivity contribution in [3.8, 4) is 11.1 Å². The number of benzene rings is 3. The average Bonchev–Trinajstić information content (AvgIpc) is 3.34. The summed E-state index contributed by atoms with van der Waals surface area (Å²) in [6, 6.07) is 25.9. The number of hydrogen-bond acceptors (Lipinski definition) is 5. The highest BCUT2D eigenvalue weighted by atomic mass is 16.5. The minimum Gasteiger partial charge on any atom is -0.467 e. The van der Waals surface area contributed by atoms with Gasteiger partial charge in [-0.15, -0.1) is 0 Å². The van der Waals surface area contributed by atoms with E-state index in [4.69, 9.17) is 10.5 Å². The number of para-hydroxylation sites is 1. The zero-order valence-corrected chi connectivity index (χ0v) is 22.4. The van der Waals surface area contributed by atoms with Crippen molar-refractivity contribution in [2.45, 2.75) is 50.9 Å². The molecule has 7 heteroatoms. The monoisotopic (exact) mass is 524 g/mol. The van der Waals surface area contributed by atoms with E-state index < -0.39 is 18.1 Å². The highest BCUT2D eigenvalue weighted by molar-refractivity contribution is 5.90. The smallest absolute Gasteiger partial charge is 0.328 e. The van der Waals surface area contributed by atoms with Crippen molar-refractivity contribution >= 4 is 22.8 Å². The molecule has 2 atom stereocenters. The molecule has 39 heavy (non-hydrogen) atoms. The molecule has 7 nitrogen and oxygen atoms in total. The second-order valence-corrected chi connectivity index (χ2v) is 10.2. The summed E-state index contributed by atoms with van der Waals surface area (Å²) in [4.78, 5) is 32.0. The van der Waals surface area contributed by atoms with Crippen LogP contribution in [0, 0.1) is 0 Å². The van der Waals surface area contributed by atoms with Crippen LogP contribution >= 0.6 is 0 Å². The maximum Gasteiger partial charge on any atom is 0.328 e. The molecule has 0 bridgehead atoms. The van der Waals surface area contributed by atoms with E-state index in [1.165, 1.54) is 18.2 Å². The van der Waals surface area contributed by atoms with Gasteiger partial charge in [0, 0.05) is 29.7 Å². The summed E-state index contributed by atoms with van der Waals surface area (Å²) in [6.07, 6.45) is 2.59. The summed E-state index contributed by atoms with van der Waals surface area (Å²) in [5, 5.41) is 4.15. The Morgan fingerprint density at radius 1 is 1.00 bits per heavy atom. The Morgan fingerprint density at radius 3 is 2.46 bits per heavy atom. The topological polar surface area (TPSA) is 100 Å². The minimum absolute atomic E-state index is 0.157. The quantitative estimate of drug-likeness (QED) is 0.209. The van der Waals surface area contributed by atoms with Gasteiger partial charge in [-0.3, -0.25) is 9.69 Å². The summed E-state index contributed by atoms with van der Waals surface area (Å²) in [6.45, 7) is 1.77. The molecule has 2 heterocycles. The Hall–Kier alpha value is -3.94. The fourth-order valence-electron chi connectivity index (χ4n) is 5.50. The molecule has 0 radical (unpaired) electrons. The maximum absolute atomic E-state index is 13.8. The molecule has 0 aliphatic carbocycles. The number of carbonyl (C=O) groups is 2. The largest absolute Gasteiger partial charge is 0.467 e. The van der Waals surface area contributed by atoms with Crippen LogP contribution in [-0.4, -0.2) is 47.5 Å². The Balaban J connectivity index is 1.40. The number of nitrogens with one attached hydrogen (secondary N) is 2. The standard InChI is InChI=1S/C32H36N4O3/c1-39-32(38)28(13-7-8-18-33)35-31(37)30-19-26-25-11-5-6-12-27(25)34-29(26)21-36(30)20-22-14-16-24(17-15-22)23-9-3-2-4-10-23/h2-6,9-12,14-17,28,30,34H,7-8,13,18-21,33H2,1H3,(H,35,37). The number of aromatic nitrogens is 1. The number of nitrogens with zero attached hydrogens (tertiary/aromatic N) is 1. The Kier molecular flexibility index (Phi) is 8.39. The Labute approximate surface area is 229 Å². The van der Waals surface area contributed by atoms with Crippen LogP contribution < -0.4 is 11.1 Å². The molecule has 0 spiro atoms. The first kappa shape index (κ1) is 26.7. The number of H-pyrrole nitrogens is 1. The van der Waals surface area contributed by atoms with Gasteiger partial charge < -0.3 is 20.8 Å². The van der Waals surface area contributed by atoms with E-state index in [0.717, 1.165) is 40.6 Å². The second-order valence-electron chi connectivity index (χ2n) is 10.2. The number of ether oxygens (including phenoxy) is 1. The van der Waals surface area contributed by atoms with Crippen molar-refractivity contribution in [2.75, 3.05) is 13.7 Å². The summed E-state index contributed by atoms with van der Waals surface area (Å²) in [7, 11) is 1.36. The minimum atomic E-state index is -0.689. The number of hydrogen-bond donors (Lipinski definition) is 3. The Morgan fingerprint density at radius 2 is 1.72 bits per heavy atom. The van der Waals surface area contributed by atoms with Crippen molar-refractivity contribution in [1.82, 2.24) is 15.2 Å². The molecule has 2 unspecified atom stereocenters. The van der Waals surface area contributed by atoms with Crippen LogP contribution in [0.2, 0.25) is 0 Å². The van der Waals surface area contributed by atoms with Gasteiger partial charge in [0.05, 0.1) is 13.2 Å². The molecule has 4 N–H and O–H groups in total. The van der Waals surface area contributed by atoms with E-state index >= 15 is 0 Å². The third-order valence-electron chi connectivity index (χ3n) is 7.60. The first-order chi connectivity index (χ1) is 19.1. The number of amides is 1. The summed E-state index contributed by atoms with van der Waals surface area (Å²) in [5.41, 5.74) is 12.5. The van der Waals surface area contributed by atoms with Gasteiger partial charge in [0.1, 0.15) is 6.04 Å². The lowest BCUT2D eigenvalue weighted by Crippen LogP contribution is -2.53. The fourth-order valence-corrected chi connectivity index (χ4v) is 5.50. The number of aromatic amines is 1. The highest BCUT2D eigenvalue weighted by Crippen LogP contribution is 2.31. The van der Waals surface area contributed by atoms with Gasteiger partial charge in [0.15, 0.2) is 0 Å². The molecule has 5 rings (SSSR count). The summed E-state index contributed by atoms with van der Waals surface area (Å²) < 4.78 is 5.00. The average molecular weight is 525 g/mol. The molecule has 3 aromatic carbocycles. The van der Waals surface area contributed by atoms with Crippen LogP contribution in [0.4, 0.5) is 0 Å². The van der Waals surface area contributed by atoms with Gasteiger partial charge in [-0.25, -0.2) is 4.79 Å². The third kappa shape index (κ3) is 6.05. The normalized spacial score (nSPS) is 16.0. The molecule has 4 aromatic rings. The van der Waals surface area contributed by atoms with Gasteiger partial charge in [-0.2, -0.15) is 0 Å². The van der Waals surface area contributed by atoms with E-state index in [2.05, 4.69) is 63.7 Å². The van der Waals surface area contributed by atoms with Crippen LogP contribution in [0.1, 0.15) is 36.1 Å². The van der Waals surface area contributed by atoms with Gasteiger partial charge in [-0.05, 0) is 60.5 Å². The van der Waals surface area contributed by atoms with Gasteiger partial charge in [-0.1, -0.05) is 72.8 Å². The van der Waals surface area contributed by atoms with Crippen LogP contribution in [0.3, 0.4) is 0 Å². The zero-order valence-electron chi connectivity index (χ0n) is 22.4. The van der Waals surface area contributed by atoms with Crippen molar-refractivity contribution in [1.29, 1.82) is 0 Å². The van der Waals surface area contributed by atoms with Crippen LogP contribution in [-0.2, 0) is 33.8 Å². The number of methoxy groups -OCH3 is 1. The number of unbranched alkanes of at least 4 members (excludes halogenated alkanes) is 1. The lowest BCUT2D eigenvalue weighted by Gasteiger charge is -2.35. The summed E-state index contributed by atoms with van der Waals surface area (Å²) in [5.74, 6) is -0.581. The predicted molar refractivity (Wildman–Crippen MR) is 154 cm³/mol. The molecule has 0 saturated heterocycles. The molecule has 1 aromatic heterocycles. The molecule has 202 valence electrons. The summed E-state index contributed by atoms with van der Waals surface area (Å²) >= 11 is 0. The molecule has 1 aliphatic heterocycles. The highest BCUT2D eigenvalue weighted by Gasteiger charge is 2.35. The van der Waals surface area contributed by atoms with Crippen molar-refractivity contribution in [3.63, 3.8) is 0 Å². The van der Waals surface area contributed by atoms with E-state index in [9.17, 15) is 9.59 Å². The lowest BCUT2D eigenvalue weighted by molar-refractivity contribution is -0.146. The van der Waals surface area contributed by atoms with Crippen molar-refractivity contribution in [2.24, 2.45) is 5.73 Å². The van der Waals surface area contributed by atoms with E-state index in [1.807, 2.05) is 30.3 Å². The van der Waals surface area contributed by atoms with Gasteiger partial charge >= 0.3 is 5.97 Å². The molecule has 0 saturated carbocycles. The zero-order chi connectivity index (χ0) is 27.2. The molecular weight excluding hydrogens is 488 g/mol. The number of rotatable bonds is 10. The fraction of sp³-hybridized carbons (Fsp3) is 0.312. The van der Waals surface area contributed by atoms with Crippen molar-refractivity contribution < 1.29 is 14.3 Å². The number of nitrogens with two attached hydrogens (primary N) is 1. The number of esters is 1. The van der Waals surface area contributed by atoms with E-state index in [0.29, 0.717) is 32.5 Å². The third-order valence-corrected chi connectivity index (χ3v) is 7.60. The second kappa shape index (κ2) is 12.3. The van der Waals surface area contributed by atoms with Crippen LogP contribution in [0.25, 0.3) is 22.0 Å². The van der Waals surface area contributed by atoms with E-state index in [1.54, 1.807) is 0 Å². The lowest BCUT2D eigenvalue weighted by atomic mass is 9.94. The first-order valence-electron chi connectivity index (χ1n) is 13.6. The van der Waals surface area contributed by atoms with Crippen LogP contribution in [0.15, 0.2) is 78.9 Å². The van der Waals surface area contributed by atoms with Gasteiger partial charge in [0.2, 0.25) is 5.91 Å². The molecule has 0 fully saturated rings. The maximum atomic E-state index is 13.8. The molecule has 1 amide bonds.